The van der Waals surface area contributed by atoms with E-state index in [1.807, 2.05) is 0 Å². The summed E-state index contributed by atoms with van der Waals surface area (Å²) >= 11 is 3.13. The molecule has 1 aromatic rings. The van der Waals surface area contributed by atoms with Crippen LogP contribution in [0.25, 0.3) is 4.85 Å². The molecule has 56 valence electrons. The summed E-state index contributed by atoms with van der Waals surface area (Å²) in [7, 11) is 0. The first kappa shape index (κ1) is 8.18. The number of pyridine rings is 1. The van der Waals surface area contributed by atoms with Crippen molar-refractivity contribution in [2.45, 2.75) is 6.23 Å². The van der Waals surface area contributed by atoms with E-state index in [0.717, 1.165) is 0 Å². The maximum atomic E-state index is 9.05. The number of aliphatic hydroxyl groups excluding tert-OH is 1. The summed E-state index contributed by atoms with van der Waals surface area (Å²) in [5.41, 5.74) is 0.557. The minimum Gasteiger partial charge on any atom is -0.322 e. The molecule has 0 bridgehead atoms. The van der Waals surface area contributed by atoms with E-state index >= 15 is 0 Å². The molecule has 0 amide bonds. The highest BCUT2D eigenvalue weighted by atomic mass is 79.9. The number of halogens is 1. The van der Waals surface area contributed by atoms with E-state index in [2.05, 4.69) is 25.8 Å². The van der Waals surface area contributed by atoms with Gasteiger partial charge in [-0.2, -0.15) is 0 Å². The third-order valence-electron chi connectivity index (χ3n) is 1.17. The molecular formula is C7H5BrN2O. The molecule has 0 aromatic carbocycles. The monoisotopic (exact) mass is 212 g/mol. The van der Waals surface area contributed by atoms with Gasteiger partial charge in [-0.25, -0.2) is 11.6 Å². The third-order valence-corrected chi connectivity index (χ3v) is 1.60. The van der Waals surface area contributed by atoms with Gasteiger partial charge in [0.2, 0.25) is 0 Å². The highest BCUT2D eigenvalue weighted by molar-refractivity contribution is 9.10. The molecule has 3 nitrogen and oxygen atoms in total. The molecule has 1 heterocycles. The number of aliphatic hydroxyl groups is 1. The Hall–Kier alpha value is -0.920. The largest absolute Gasteiger partial charge is 0.352 e. The van der Waals surface area contributed by atoms with E-state index in [1.54, 1.807) is 12.1 Å². The second-order valence-corrected chi connectivity index (χ2v) is 2.73. The van der Waals surface area contributed by atoms with Crippen LogP contribution in [0.15, 0.2) is 22.9 Å². The summed E-state index contributed by atoms with van der Waals surface area (Å²) < 4.78 is 0.623. The van der Waals surface area contributed by atoms with Gasteiger partial charge in [0, 0.05) is 6.20 Å². The summed E-state index contributed by atoms with van der Waals surface area (Å²) in [6.07, 6.45) is 0.461. The van der Waals surface area contributed by atoms with Crippen molar-refractivity contribution in [3.05, 3.63) is 39.9 Å². The molecule has 1 rings (SSSR count). The van der Waals surface area contributed by atoms with Crippen LogP contribution in [0, 0.1) is 6.57 Å². The fraction of sp³-hybridized carbons (Fsp3) is 0.143. The highest BCUT2D eigenvalue weighted by Crippen LogP contribution is 2.16. The van der Waals surface area contributed by atoms with Crippen LogP contribution in [-0.4, -0.2) is 10.1 Å². The maximum Gasteiger partial charge on any atom is 0.352 e. The van der Waals surface area contributed by atoms with Gasteiger partial charge in [0.25, 0.3) is 0 Å². The average molecular weight is 213 g/mol. The molecule has 4 heteroatoms. The van der Waals surface area contributed by atoms with Crippen molar-refractivity contribution in [3.8, 4) is 0 Å². The van der Waals surface area contributed by atoms with Crippen molar-refractivity contribution in [1.82, 2.24) is 4.98 Å². The smallest absolute Gasteiger partial charge is 0.322 e. The van der Waals surface area contributed by atoms with Crippen molar-refractivity contribution in [1.29, 1.82) is 0 Å². The van der Waals surface area contributed by atoms with Gasteiger partial charge in [0.05, 0.1) is 5.56 Å². The molecule has 1 N–H and O–H groups in total. The topological polar surface area (TPSA) is 37.5 Å². The maximum absolute atomic E-state index is 9.05. The molecule has 0 aliphatic rings. The third kappa shape index (κ3) is 2.00. The van der Waals surface area contributed by atoms with Crippen LogP contribution in [0.4, 0.5) is 0 Å². The zero-order chi connectivity index (χ0) is 8.27. The number of rotatable bonds is 1. The predicted molar refractivity (Wildman–Crippen MR) is 43.5 cm³/mol. The summed E-state index contributed by atoms with van der Waals surface area (Å²) in [5, 5.41) is 9.05. The lowest BCUT2D eigenvalue weighted by Gasteiger charge is -1.96. The molecule has 1 aromatic heterocycles. The van der Waals surface area contributed by atoms with Gasteiger partial charge < -0.3 is 5.11 Å². The Kier molecular flexibility index (Phi) is 2.58. The van der Waals surface area contributed by atoms with Gasteiger partial charge >= 0.3 is 6.23 Å². The molecule has 0 saturated carbocycles. The molecule has 0 aliphatic carbocycles. The molecule has 0 aliphatic heterocycles. The summed E-state index contributed by atoms with van der Waals surface area (Å²) in [6.45, 7) is 6.56. The molecule has 0 radical (unpaired) electrons. The van der Waals surface area contributed by atoms with Crippen LogP contribution in [0.2, 0.25) is 0 Å². The van der Waals surface area contributed by atoms with Gasteiger partial charge in [-0.1, -0.05) is 0 Å². The van der Waals surface area contributed by atoms with E-state index in [1.165, 1.54) is 6.20 Å². The first-order valence-corrected chi connectivity index (χ1v) is 3.69. The van der Waals surface area contributed by atoms with Crippen molar-refractivity contribution < 1.29 is 5.11 Å². The molecule has 1 unspecified atom stereocenters. The van der Waals surface area contributed by atoms with Crippen molar-refractivity contribution in [2.75, 3.05) is 0 Å². The van der Waals surface area contributed by atoms with Gasteiger partial charge in [0.1, 0.15) is 4.60 Å². The Morgan fingerprint density at radius 3 is 3.00 bits per heavy atom. The number of aromatic nitrogens is 1. The number of hydrogen-bond donors (Lipinski definition) is 1. The highest BCUT2D eigenvalue weighted by Gasteiger charge is 2.09. The van der Waals surface area contributed by atoms with Gasteiger partial charge in [0.15, 0.2) is 0 Å². The minimum absolute atomic E-state index is 0.557. The lowest BCUT2D eigenvalue weighted by atomic mass is 10.2. The van der Waals surface area contributed by atoms with Crippen molar-refractivity contribution >= 4 is 15.9 Å². The van der Waals surface area contributed by atoms with Crippen LogP contribution in [0.5, 0.6) is 0 Å². The Balaban J connectivity index is 2.98. The molecular weight excluding hydrogens is 208 g/mol. The van der Waals surface area contributed by atoms with E-state index in [-0.39, 0.29) is 0 Å². The molecule has 11 heavy (non-hydrogen) atoms. The van der Waals surface area contributed by atoms with Crippen LogP contribution in [0.3, 0.4) is 0 Å². The van der Waals surface area contributed by atoms with Crippen molar-refractivity contribution in [3.63, 3.8) is 0 Å². The second kappa shape index (κ2) is 3.46. The normalized spacial score (nSPS) is 12.1. The predicted octanol–water partition coefficient (Wildman–Crippen LogP) is 1.75. The Bertz CT molecular complexity index is 295. The molecule has 0 fully saturated rings. The summed E-state index contributed by atoms with van der Waals surface area (Å²) in [6, 6.07) is 3.22. The van der Waals surface area contributed by atoms with Crippen molar-refractivity contribution in [2.24, 2.45) is 0 Å². The summed E-state index contributed by atoms with van der Waals surface area (Å²) in [5.74, 6) is 0. The molecule has 0 saturated heterocycles. The first-order chi connectivity index (χ1) is 5.24. The number of nitrogens with zero attached hydrogens (tertiary/aromatic N) is 2. The standard InChI is InChI=1S/C7H5BrN2O/c1-9-7(11)5-2-3-10-6(8)4-5/h2-4,7,11H. The van der Waals surface area contributed by atoms with Crippen LogP contribution >= 0.6 is 15.9 Å². The quantitative estimate of drug-likeness (QED) is 0.570. The fourth-order valence-corrected chi connectivity index (χ4v) is 1.04. The Morgan fingerprint density at radius 1 is 1.73 bits per heavy atom. The van der Waals surface area contributed by atoms with E-state index < -0.39 is 6.23 Å². The van der Waals surface area contributed by atoms with Gasteiger partial charge in [-0.05, 0) is 28.1 Å². The zero-order valence-electron chi connectivity index (χ0n) is 5.53. The van der Waals surface area contributed by atoms with Gasteiger partial charge in [-0.15, -0.1) is 0 Å². The van der Waals surface area contributed by atoms with E-state index in [0.29, 0.717) is 10.2 Å². The Labute approximate surface area is 72.6 Å². The SMILES string of the molecule is [C-]#[N+]C(O)c1ccnc(Br)c1. The van der Waals surface area contributed by atoms with Crippen LogP contribution in [0.1, 0.15) is 11.8 Å². The number of hydrogen-bond acceptors (Lipinski definition) is 2. The average Bonchev–Trinajstić information content (AvgIpc) is 2.03. The van der Waals surface area contributed by atoms with Crippen LogP contribution < -0.4 is 0 Å². The zero-order valence-corrected chi connectivity index (χ0v) is 7.12. The Morgan fingerprint density at radius 2 is 2.45 bits per heavy atom. The molecule has 0 spiro atoms. The first-order valence-electron chi connectivity index (χ1n) is 2.90. The van der Waals surface area contributed by atoms with Crippen LogP contribution in [-0.2, 0) is 0 Å². The lowest BCUT2D eigenvalue weighted by Crippen LogP contribution is -1.90. The second-order valence-electron chi connectivity index (χ2n) is 1.91. The van der Waals surface area contributed by atoms with Gasteiger partial charge in [-0.3, -0.25) is 4.85 Å². The fourth-order valence-electron chi connectivity index (χ4n) is 0.653. The van der Waals surface area contributed by atoms with E-state index in [4.69, 9.17) is 11.7 Å². The summed E-state index contributed by atoms with van der Waals surface area (Å²) in [4.78, 5) is 6.82. The lowest BCUT2D eigenvalue weighted by molar-refractivity contribution is 0.226. The van der Waals surface area contributed by atoms with E-state index in [9.17, 15) is 0 Å². The minimum atomic E-state index is -1.07. The molecule has 1 atom stereocenters.